The van der Waals surface area contributed by atoms with Crippen LogP contribution >= 0.6 is 24.0 Å². The number of thioether (sulfide) groups is 1. The van der Waals surface area contributed by atoms with Gasteiger partial charge in [0, 0.05) is 31.7 Å². The molecule has 3 rings (SSSR count). The number of hydrogen-bond donors (Lipinski definition) is 0. The second-order valence-corrected chi connectivity index (χ2v) is 10.3. The maximum atomic E-state index is 13.3. The van der Waals surface area contributed by atoms with Gasteiger partial charge in [0.2, 0.25) is 0 Å². The third kappa shape index (κ3) is 4.79. The smallest absolute Gasteiger partial charge is 0.270 e. The SMILES string of the molecule is CCCCn1c(N2CCC(C)CC2)c(/C=C2\SC(=S)N(CCC)C2=O)c(C)c(C#N)c1=O. The van der Waals surface area contributed by atoms with Crippen LogP contribution in [0, 0.1) is 24.2 Å². The first-order valence-electron chi connectivity index (χ1n) is 11.5. The largest absolute Gasteiger partial charge is 0.357 e. The van der Waals surface area contributed by atoms with Gasteiger partial charge in [0.25, 0.3) is 11.5 Å². The molecule has 8 heteroatoms. The van der Waals surface area contributed by atoms with Crippen LogP contribution in [-0.2, 0) is 11.3 Å². The summed E-state index contributed by atoms with van der Waals surface area (Å²) in [5.41, 5.74) is 1.36. The van der Waals surface area contributed by atoms with E-state index in [1.54, 1.807) is 9.47 Å². The van der Waals surface area contributed by atoms with E-state index in [1.165, 1.54) is 11.8 Å². The molecule has 0 bridgehead atoms. The Morgan fingerprint density at radius 2 is 1.88 bits per heavy atom. The summed E-state index contributed by atoms with van der Waals surface area (Å²) in [6.07, 6.45) is 6.60. The van der Waals surface area contributed by atoms with Gasteiger partial charge < -0.3 is 4.90 Å². The summed E-state index contributed by atoms with van der Waals surface area (Å²) in [5.74, 6) is 1.40. The molecule has 172 valence electrons. The number of nitriles is 1. The Morgan fingerprint density at radius 1 is 1.19 bits per heavy atom. The number of hydrogen-bond acceptors (Lipinski definition) is 6. The maximum absolute atomic E-state index is 13.3. The lowest BCUT2D eigenvalue weighted by molar-refractivity contribution is -0.122. The molecule has 0 aliphatic carbocycles. The highest BCUT2D eigenvalue weighted by Crippen LogP contribution is 2.36. The van der Waals surface area contributed by atoms with Crippen LogP contribution in [-0.4, -0.2) is 39.3 Å². The van der Waals surface area contributed by atoms with Crippen molar-refractivity contribution < 1.29 is 4.79 Å². The number of nitrogens with zero attached hydrogens (tertiary/aromatic N) is 4. The van der Waals surface area contributed by atoms with Gasteiger partial charge in [-0.15, -0.1) is 0 Å². The average molecular weight is 473 g/mol. The highest BCUT2D eigenvalue weighted by atomic mass is 32.2. The number of aromatic nitrogens is 1. The zero-order chi connectivity index (χ0) is 23.4. The standard InChI is InChI=1S/C24H32N4O2S2/c1-5-7-11-27-21(26-12-8-16(3)9-13-26)18(17(4)19(15-25)22(27)29)14-20-23(30)28(10-6-2)24(31)32-20/h14,16H,5-13H2,1-4H3/b20-14-. The lowest BCUT2D eigenvalue weighted by Gasteiger charge is -2.35. The van der Waals surface area contributed by atoms with Gasteiger partial charge in [0.1, 0.15) is 21.8 Å². The van der Waals surface area contributed by atoms with E-state index in [0.29, 0.717) is 33.8 Å². The van der Waals surface area contributed by atoms with Gasteiger partial charge in [0.15, 0.2) is 0 Å². The summed E-state index contributed by atoms with van der Waals surface area (Å²) >= 11 is 6.74. The summed E-state index contributed by atoms with van der Waals surface area (Å²) in [7, 11) is 0. The number of carbonyl (C=O) groups excluding carboxylic acids is 1. The highest BCUT2D eigenvalue weighted by molar-refractivity contribution is 8.26. The molecule has 0 saturated carbocycles. The van der Waals surface area contributed by atoms with Crippen LogP contribution in [0.15, 0.2) is 9.70 Å². The molecule has 0 aromatic carbocycles. The van der Waals surface area contributed by atoms with Crippen LogP contribution in [0.4, 0.5) is 5.82 Å². The Morgan fingerprint density at radius 3 is 2.47 bits per heavy atom. The molecule has 1 amide bonds. The van der Waals surface area contributed by atoms with E-state index in [-0.39, 0.29) is 17.0 Å². The first-order valence-corrected chi connectivity index (χ1v) is 12.7. The number of unbranched alkanes of at least 4 members (excludes halogenated alkanes) is 1. The van der Waals surface area contributed by atoms with Crippen LogP contribution < -0.4 is 10.5 Å². The quantitative estimate of drug-likeness (QED) is 0.424. The van der Waals surface area contributed by atoms with E-state index in [2.05, 4.69) is 24.8 Å². The molecule has 6 nitrogen and oxygen atoms in total. The molecule has 1 aromatic rings. The zero-order valence-electron chi connectivity index (χ0n) is 19.4. The van der Waals surface area contributed by atoms with Crippen LogP contribution in [0.2, 0.25) is 0 Å². The number of anilines is 1. The summed E-state index contributed by atoms with van der Waals surface area (Å²) in [6, 6.07) is 2.12. The first-order chi connectivity index (χ1) is 15.3. The molecule has 0 radical (unpaired) electrons. The fourth-order valence-electron chi connectivity index (χ4n) is 4.28. The number of pyridine rings is 1. The summed E-state index contributed by atoms with van der Waals surface area (Å²) in [4.78, 5) is 30.8. The molecule has 32 heavy (non-hydrogen) atoms. The number of piperidine rings is 1. The lowest BCUT2D eigenvalue weighted by Crippen LogP contribution is -2.39. The number of amides is 1. The van der Waals surface area contributed by atoms with Crippen molar-refractivity contribution >= 4 is 46.1 Å². The molecule has 2 aliphatic rings. The Hall–Kier alpha value is -2.11. The van der Waals surface area contributed by atoms with Crippen molar-refractivity contribution in [2.24, 2.45) is 5.92 Å². The van der Waals surface area contributed by atoms with Gasteiger partial charge in [0.05, 0.1) is 4.91 Å². The molecule has 2 aliphatic heterocycles. The molecule has 0 spiro atoms. The number of rotatable bonds is 7. The molecule has 0 unspecified atom stereocenters. The van der Waals surface area contributed by atoms with E-state index < -0.39 is 0 Å². The van der Waals surface area contributed by atoms with E-state index in [9.17, 15) is 14.9 Å². The summed E-state index contributed by atoms with van der Waals surface area (Å²) in [6.45, 7) is 11.0. The van der Waals surface area contributed by atoms with Gasteiger partial charge in [-0.1, -0.05) is 51.2 Å². The Kier molecular flexibility index (Phi) is 8.18. The van der Waals surface area contributed by atoms with Crippen molar-refractivity contribution in [3.05, 3.63) is 31.9 Å². The molecule has 2 fully saturated rings. The molecular weight excluding hydrogens is 440 g/mol. The predicted octanol–water partition coefficient (Wildman–Crippen LogP) is 4.68. The van der Waals surface area contributed by atoms with Crippen molar-refractivity contribution in [3.8, 4) is 6.07 Å². The molecule has 3 heterocycles. The topological polar surface area (TPSA) is 69.3 Å². The van der Waals surface area contributed by atoms with Crippen LogP contribution in [0.25, 0.3) is 6.08 Å². The third-order valence-electron chi connectivity index (χ3n) is 6.26. The molecule has 0 N–H and O–H groups in total. The fraction of sp³-hybridized carbons (Fsp3) is 0.583. The second kappa shape index (κ2) is 10.7. The monoisotopic (exact) mass is 472 g/mol. The number of thiocarbonyl (C=S) groups is 1. The minimum Gasteiger partial charge on any atom is -0.357 e. The minimum atomic E-state index is -0.234. The van der Waals surface area contributed by atoms with E-state index >= 15 is 0 Å². The normalized spacial score (nSPS) is 18.7. The molecule has 2 saturated heterocycles. The Balaban J connectivity index is 2.21. The Bertz CT molecular complexity index is 1030. The zero-order valence-corrected chi connectivity index (χ0v) is 21.1. The first kappa shape index (κ1) is 24.5. The van der Waals surface area contributed by atoms with Crippen LogP contribution in [0.1, 0.15) is 69.6 Å². The van der Waals surface area contributed by atoms with Gasteiger partial charge >= 0.3 is 0 Å². The molecule has 0 atom stereocenters. The van der Waals surface area contributed by atoms with E-state index in [0.717, 1.165) is 56.6 Å². The average Bonchev–Trinajstić information content (AvgIpc) is 3.03. The van der Waals surface area contributed by atoms with Crippen molar-refractivity contribution in [1.82, 2.24) is 9.47 Å². The fourth-order valence-corrected chi connectivity index (χ4v) is 5.57. The van der Waals surface area contributed by atoms with Crippen molar-refractivity contribution in [1.29, 1.82) is 5.26 Å². The van der Waals surface area contributed by atoms with Crippen molar-refractivity contribution in [2.75, 3.05) is 24.5 Å². The predicted molar refractivity (Wildman–Crippen MR) is 136 cm³/mol. The Labute approximate surface area is 200 Å². The summed E-state index contributed by atoms with van der Waals surface area (Å²) in [5, 5.41) is 9.78. The van der Waals surface area contributed by atoms with E-state index in [4.69, 9.17) is 12.2 Å². The highest BCUT2D eigenvalue weighted by Gasteiger charge is 2.33. The van der Waals surface area contributed by atoms with Gasteiger partial charge in [-0.2, -0.15) is 5.26 Å². The van der Waals surface area contributed by atoms with Crippen LogP contribution in [0.3, 0.4) is 0 Å². The minimum absolute atomic E-state index is 0.0933. The van der Waals surface area contributed by atoms with Gasteiger partial charge in [-0.25, -0.2) is 0 Å². The lowest BCUT2D eigenvalue weighted by atomic mass is 9.97. The summed E-state index contributed by atoms with van der Waals surface area (Å²) < 4.78 is 2.33. The molecular formula is C24H32N4O2S2. The van der Waals surface area contributed by atoms with Gasteiger partial charge in [-0.05, 0) is 50.2 Å². The number of carbonyl (C=O) groups is 1. The molecule has 1 aromatic heterocycles. The third-order valence-corrected chi connectivity index (χ3v) is 7.64. The van der Waals surface area contributed by atoms with Crippen molar-refractivity contribution in [2.45, 2.75) is 66.3 Å². The second-order valence-electron chi connectivity index (χ2n) is 8.66. The maximum Gasteiger partial charge on any atom is 0.270 e. The van der Waals surface area contributed by atoms with Crippen molar-refractivity contribution in [3.63, 3.8) is 0 Å². The van der Waals surface area contributed by atoms with Crippen LogP contribution in [0.5, 0.6) is 0 Å². The van der Waals surface area contributed by atoms with E-state index in [1.807, 2.05) is 19.9 Å². The van der Waals surface area contributed by atoms with Gasteiger partial charge in [-0.3, -0.25) is 19.1 Å².